The molecule has 0 heterocycles. The number of carbonyl (C=O) groups is 1. The largest absolute Gasteiger partial charge is 0.416 e. The molecule has 1 aromatic carbocycles. The van der Waals surface area contributed by atoms with Gasteiger partial charge in [-0.25, -0.2) is 0 Å². The van der Waals surface area contributed by atoms with Crippen molar-refractivity contribution in [3.63, 3.8) is 0 Å². The van der Waals surface area contributed by atoms with Gasteiger partial charge in [-0.3, -0.25) is 4.79 Å². The number of isothiocyanates is 1. The zero-order valence-electron chi connectivity index (χ0n) is 8.36. The summed E-state index contributed by atoms with van der Waals surface area (Å²) in [6.07, 6.45) is -1.92. The molecule has 1 rings (SSSR count). The Hall–Kier alpha value is -1.78. The van der Waals surface area contributed by atoms with Gasteiger partial charge >= 0.3 is 6.18 Å². The normalized spacial score (nSPS) is 11.2. The molecule has 0 unspecified atom stereocenters. The van der Waals surface area contributed by atoms with Gasteiger partial charge in [0.05, 0.1) is 10.7 Å². The summed E-state index contributed by atoms with van der Waals surface area (Å²) in [5.74, 6) is -0.611. The van der Waals surface area contributed by atoms with E-state index in [1.807, 2.05) is 5.16 Å². The monoisotopic (exact) mass is 257 g/mol. The molecular formula is C11H6F3NOS. The first-order valence-electron chi connectivity index (χ1n) is 4.40. The number of amides is 1. The Balaban J connectivity index is 2.82. The van der Waals surface area contributed by atoms with Crippen LogP contribution in [0, 0.1) is 0 Å². The van der Waals surface area contributed by atoms with Crippen LogP contribution in [-0.4, -0.2) is 11.1 Å². The lowest BCUT2D eigenvalue weighted by molar-refractivity contribution is -0.137. The zero-order chi connectivity index (χ0) is 12.9. The van der Waals surface area contributed by atoms with Crippen molar-refractivity contribution in [1.29, 1.82) is 0 Å². The Morgan fingerprint density at radius 2 is 1.88 bits per heavy atom. The van der Waals surface area contributed by atoms with E-state index in [-0.39, 0.29) is 0 Å². The van der Waals surface area contributed by atoms with E-state index in [9.17, 15) is 18.0 Å². The van der Waals surface area contributed by atoms with Crippen LogP contribution < -0.4 is 0 Å². The van der Waals surface area contributed by atoms with E-state index in [4.69, 9.17) is 0 Å². The van der Waals surface area contributed by atoms with Gasteiger partial charge in [0.15, 0.2) is 0 Å². The molecule has 0 aliphatic rings. The van der Waals surface area contributed by atoms with E-state index in [1.54, 1.807) is 0 Å². The van der Waals surface area contributed by atoms with Crippen LogP contribution in [0.25, 0.3) is 6.08 Å². The summed E-state index contributed by atoms with van der Waals surface area (Å²) in [6.45, 7) is 0. The summed E-state index contributed by atoms with van der Waals surface area (Å²) in [5, 5.41) is 1.89. The lowest BCUT2D eigenvalue weighted by Gasteiger charge is -2.05. The van der Waals surface area contributed by atoms with E-state index in [0.29, 0.717) is 5.56 Å². The summed E-state index contributed by atoms with van der Waals surface area (Å²) in [5.41, 5.74) is -0.274. The number of hydrogen-bond acceptors (Lipinski definition) is 2. The molecule has 0 atom stereocenters. The fourth-order valence-corrected chi connectivity index (χ4v) is 1.12. The number of benzene rings is 1. The number of halogens is 3. The van der Waals surface area contributed by atoms with Crippen LogP contribution in [0.5, 0.6) is 0 Å². The molecule has 88 valence electrons. The maximum atomic E-state index is 12.2. The van der Waals surface area contributed by atoms with E-state index < -0.39 is 17.6 Å². The molecule has 0 radical (unpaired) electrons. The van der Waals surface area contributed by atoms with Gasteiger partial charge in [-0.05, 0) is 36.0 Å². The van der Waals surface area contributed by atoms with Gasteiger partial charge in [0, 0.05) is 6.08 Å². The van der Waals surface area contributed by atoms with Gasteiger partial charge < -0.3 is 0 Å². The topological polar surface area (TPSA) is 29.4 Å². The number of hydrogen-bond donors (Lipinski definition) is 0. The molecule has 0 saturated carbocycles. The molecule has 17 heavy (non-hydrogen) atoms. The second-order valence-corrected chi connectivity index (χ2v) is 3.18. The van der Waals surface area contributed by atoms with Crippen molar-refractivity contribution in [3.8, 4) is 0 Å². The minimum Gasteiger partial charge on any atom is -0.267 e. The average Bonchev–Trinajstić information content (AvgIpc) is 2.26. The number of rotatable bonds is 2. The van der Waals surface area contributed by atoms with Gasteiger partial charge in [-0.15, -0.1) is 0 Å². The Morgan fingerprint density at radius 1 is 1.29 bits per heavy atom. The Kier molecular flexibility index (Phi) is 4.31. The predicted molar refractivity (Wildman–Crippen MR) is 60.5 cm³/mol. The number of thiocarbonyl (C=S) groups is 1. The minimum atomic E-state index is -4.36. The number of carbonyl (C=O) groups excluding carboxylic acids is 1. The van der Waals surface area contributed by atoms with Crippen molar-refractivity contribution in [3.05, 3.63) is 41.5 Å². The summed E-state index contributed by atoms with van der Waals surface area (Å²) in [6, 6.07) is 4.39. The molecule has 0 aliphatic heterocycles. The summed E-state index contributed by atoms with van der Waals surface area (Å²) < 4.78 is 36.7. The Morgan fingerprint density at radius 3 is 2.35 bits per heavy atom. The lowest BCUT2D eigenvalue weighted by Crippen LogP contribution is -2.03. The number of aliphatic imine (C=N–C) groups is 1. The summed E-state index contributed by atoms with van der Waals surface area (Å²) >= 11 is 4.22. The predicted octanol–water partition coefficient (Wildman–Crippen LogP) is 3.35. The van der Waals surface area contributed by atoms with Crippen molar-refractivity contribution in [1.82, 2.24) is 0 Å². The minimum absolute atomic E-state index is 0.464. The molecule has 0 spiro atoms. The molecular weight excluding hydrogens is 251 g/mol. The molecule has 0 N–H and O–H groups in total. The van der Waals surface area contributed by atoms with Crippen LogP contribution in [0.2, 0.25) is 0 Å². The van der Waals surface area contributed by atoms with Crippen LogP contribution in [0.15, 0.2) is 35.3 Å². The van der Waals surface area contributed by atoms with Crippen molar-refractivity contribution in [2.45, 2.75) is 6.18 Å². The number of nitrogens with zero attached hydrogens (tertiary/aromatic N) is 1. The standard InChI is InChI=1S/C11H6F3NOS/c12-11(13,14)9-4-1-8(2-5-9)3-6-10(16)15-7-17/h1-6H/b6-3+. The molecule has 0 aliphatic carbocycles. The molecule has 2 nitrogen and oxygen atoms in total. The van der Waals surface area contributed by atoms with Gasteiger partial charge in [0.25, 0.3) is 5.91 Å². The first-order chi connectivity index (χ1) is 7.93. The highest BCUT2D eigenvalue weighted by Crippen LogP contribution is 2.29. The highest BCUT2D eigenvalue weighted by Gasteiger charge is 2.29. The Labute approximate surface area is 100 Å². The molecule has 0 bridgehead atoms. The molecule has 1 aromatic rings. The average molecular weight is 257 g/mol. The molecule has 6 heteroatoms. The summed E-state index contributed by atoms with van der Waals surface area (Å²) in [4.78, 5) is 14.0. The summed E-state index contributed by atoms with van der Waals surface area (Å²) in [7, 11) is 0. The third-order valence-electron chi connectivity index (χ3n) is 1.81. The van der Waals surface area contributed by atoms with E-state index in [0.717, 1.165) is 18.2 Å². The van der Waals surface area contributed by atoms with Crippen molar-refractivity contribution >= 4 is 29.4 Å². The van der Waals surface area contributed by atoms with Gasteiger partial charge in [0.2, 0.25) is 0 Å². The van der Waals surface area contributed by atoms with Crippen LogP contribution >= 0.6 is 12.2 Å². The highest BCUT2D eigenvalue weighted by atomic mass is 32.1. The van der Waals surface area contributed by atoms with Crippen LogP contribution in [0.4, 0.5) is 13.2 Å². The fraction of sp³-hybridized carbons (Fsp3) is 0.0909. The first kappa shape index (κ1) is 13.3. The lowest BCUT2D eigenvalue weighted by atomic mass is 10.1. The fourth-order valence-electron chi connectivity index (χ4n) is 1.03. The maximum Gasteiger partial charge on any atom is 0.416 e. The molecule has 0 saturated heterocycles. The van der Waals surface area contributed by atoms with Crippen LogP contribution in [0.3, 0.4) is 0 Å². The van der Waals surface area contributed by atoms with E-state index in [2.05, 4.69) is 17.2 Å². The highest BCUT2D eigenvalue weighted by molar-refractivity contribution is 7.78. The molecule has 0 fully saturated rings. The molecule has 1 amide bonds. The van der Waals surface area contributed by atoms with Crippen LogP contribution in [0.1, 0.15) is 11.1 Å². The zero-order valence-corrected chi connectivity index (χ0v) is 9.18. The third-order valence-corrected chi connectivity index (χ3v) is 1.90. The Bertz CT molecular complexity index is 484. The van der Waals surface area contributed by atoms with Crippen molar-refractivity contribution in [2.24, 2.45) is 4.99 Å². The van der Waals surface area contributed by atoms with E-state index >= 15 is 0 Å². The van der Waals surface area contributed by atoms with Crippen molar-refractivity contribution < 1.29 is 18.0 Å². The van der Waals surface area contributed by atoms with Crippen LogP contribution in [-0.2, 0) is 11.0 Å². The van der Waals surface area contributed by atoms with E-state index in [1.165, 1.54) is 18.2 Å². The second kappa shape index (κ2) is 5.52. The smallest absolute Gasteiger partial charge is 0.267 e. The van der Waals surface area contributed by atoms with Crippen molar-refractivity contribution in [2.75, 3.05) is 0 Å². The van der Waals surface area contributed by atoms with Gasteiger partial charge in [-0.2, -0.15) is 18.2 Å². The first-order valence-corrected chi connectivity index (χ1v) is 4.81. The molecule has 0 aromatic heterocycles. The quantitative estimate of drug-likeness (QED) is 0.462. The third kappa shape index (κ3) is 4.30. The van der Waals surface area contributed by atoms with Gasteiger partial charge in [0.1, 0.15) is 0 Å². The maximum absolute atomic E-state index is 12.2. The second-order valence-electron chi connectivity index (χ2n) is 2.99. The SMILES string of the molecule is O=C(/C=C/c1ccc(C(F)(F)F)cc1)N=C=S. The number of alkyl halides is 3. The van der Waals surface area contributed by atoms with Gasteiger partial charge in [-0.1, -0.05) is 12.1 Å².